The zero-order chi connectivity index (χ0) is 32.0. The molecule has 11 nitrogen and oxygen atoms in total. The molecule has 44 heavy (non-hydrogen) atoms. The van der Waals surface area contributed by atoms with Crippen LogP contribution in [0.15, 0.2) is 41.7 Å². The molecule has 6 rings (SSSR count). The smallest absolute Gasteiger partial charge is 0.338 e. The Labute approximate surface area is 255 Å². The molecule has 11 heteroatoms. The van der Waals surface area contributed by atoms with Gasteiger partial charge in [0.15, 0.2) is 11.4 Å². The molecule has 1 aliphatic heterocycles. The van der Waals surface area contributed by atoms with E-state index in [1.807, 2.05) is 0 Å². The van der Waals surface area contributed by atoms with Crippen LogP contribution in [0.1, 0.15) is 70.7 Å². The standard InChI is InChI=1S/C33H40O11/c1-16-20(35)14-33(40)27(43-28(38)18-9-7-6-8-10-18)25-31(5,26(37)24(42-17(2)34)23(16)30(33,3)4)21(36)13-22-32(25,15-41-22)44-29(39)19-11-12-19/h6-10,16,19-22,25,27,35-36,40H,11-15H2,1-5H3/t16?,20-,21-,22+,25?,27-,31+,32-,33+/m0/s1. The quantitative estimate of drug-likeness (QED) is 0.330. The summed E-state index contributed by atoms with van der Waals surface area (Å²) >= 11 is 0. The minimum absolute atomic E-state index is 0.0985. The maximum absolute atomic E-state index is 14.9. The SMILES string of the molecule is CC(=O)OC1=C2C(C)[C@@H](O)C[C@@](O)([C@@H](OC(=O)c3ccccc3)C3[C@](C)(C1=O)[C@@H](O)C[C@H]1OC[C@@]31OC(=O)C1CC1)C2(C)C. The maximum Gasteiger partial charge on any atom is 0.338 e. The predicted octanol–water partition coefficient (Wildman–Crippen LogP) is 2.25. The number of carbonyl (C=O) groups is 4. The van der Waals surface area contributed by atoms with Crippen molar-refractivity contribution in [1.29, 1.82) is 0 Å². The van der Waals surface area contributed by atoms with Crippen LogP contribution in [0.5, 0.6) is 0 Å². The highest BCUT2D eigenvalue weighted by molar-refractivity contribution is 6.02. The molecule has 0 aromatic heterocycles. The van der Waals surface area contributed by atoms with E-state index in [0.29, 0.717) is 12.8 Å². The van der Waals surface area contributed by atoms with E-state index < -0.39 is 82.0 Å². The normalized spacial score (nSPS) is 40.8. The number of carbonyl (C=O) groups excluding carboxylic acids is 4. The minimum atomic E-state index is -2.10. The van der Waals surface area contributed by atoms with Gasteiger partial charge in [0, 0.05) is 31.1 Å². The second kappa shape index (κ2) is 10.2. The first kappa shape index (κ1) is 30.9. The molecule has 2 unspecified atom stereocenters. The molecule has 1 aromatic carbocycles. The number of rotatable bonds is 5. The lowest BCUT2D eigenvalue weighted by Gasteiger charge is -2.67. The number of ether oxygens (including phenoxy) is 4. The fraction of sp³-hybridized carbons (Fsp3) is 0.636. The summed E-state index contributed by atoms with van der Waals surface area (Å²) in [4.78, 5) is 54.5. The summed E-state index contributed by atoms with van der Waals surface area (Å²) in [6, 6.07) is 8.11. The zero-order valence-electron chi connectivity index (χ0n) is 25.6. The molecule has 4 aliphatic carbocycles. The Morgan fingerprint density at radius 3 is 2.27 bits per heavy atom. The Kier molecular flexibility index (Phi) is 7.16. The van der Waals surface area contributed by atoms with E-state index in [1.54, 1.807) is 51.1 Å². The average Bonchev–Trinajstić information content (AvgIpc) is 3.81. The van der Waals surface area contributed by atoms with Gasteiger partial charge >= 0.3 is 17.9 Å². The van der Waals surface area contributed by atoms with Crippen LogP contribution in [0.2, 0.25) is 0 Å². The molecule has 3 N–H and O–H groups in total. The Hall–Kier alpha value is -3.12. The van der Waals surface area contributed by atoms with Crippen molar-refractivity contribution >= 4 is 23.7 Å². The Bertz CT molecular complexity index is 1430. The summed E-state index contributed by atoms with van der Waals surface area (Å²) in [5.41, 5.74) is -6.67. The van der Waals surface area contributed by atoms with Crippen LogP contribution in [0.4, 0.5) is 0 Å². The van der Waals surface area contributed by atoms with Gasteiger partial charge in [0.25, 0.3) is 0 Å². The Balaban J connectivity index is 1.65. The largest absolute Gasteiger partial charge is 0.455 e. The molecule has 9 atom stereocenters. The molecular formula is C33H40O11. The van der Waals surface area contributed by atoms with E-state index in [4.69, 9.17) is 18.9 Å². The van der Waals surface area contributed by atoms with Crippen LogP contribution >= 0.6 is 0 Å². The lowest BCUT2D eigenvalue weighted by atomic mass is 9.45. The van der Waals surface area contributed by atoms with Crippen LogP contribution in [0, 0.1) is 28.6 Å². The van der Waals surface area contributed by atoms with Crippen LogP contribution in [0.25, 0.3) is 0 Å². The lowest BCUT2D eigenvalue weighted by Crippen LogP contribution is -2.81. The van der Waals surface area contributed by atoms with Crippen LogP contribution in [-0.2, 0) is 33.3 Å². The minimum Gasteiger partial charge on any atom is -0.455 e. The van der Waals surface area contributed by atoms with Gasteiger partial charge in [-0.15, -0.1) is 0 Å². The summed E-state index contributed by atoms with van der Waals surface area (Å²) in [6.45, 7) is 7.38. The number of ketones is 1. The van der Waals surface area contributed by atoms with Gasteiger partial charge < -0.3 is 34.3 Å². The van der Waals surface area contributed by atoms with E-state index in [-0.39, 0.29) is 42.3 Å². The van der Waals surface area contributed by atoms with Gasteiger partial charge in [-0.2, -0.15) is 0 Å². The molecule has 0 amide bonds. The molecule has 4 fully saturated rings. The number of aliphatic hydroxyl groups excluding tert-OH is 2. The van der Waals surface area contributed by atoms with Gasteiger partial charge in [0.2, 0.25) is 5.78 Å². The van der Waals surface area contributed by atoms with Crippen LogP contribution in [0.3, 0.4) is 0 Å². The van der Waals surface area contributed by atoms with Crippen LogP contribution < -0.4 is 0 Å². The zero-order valence-corrected chi connectivity index (χ0v) is 25.6. The third-order valence-corrected chi connectivity index (χ3v) is 11.1. The van der Waals surface area contributed by atoms with Crippen molar-refractivity contribution in [3.05, 3.63) is 47.2 Å². The molecule has 3 saturated carbocycles. The predicted molar refractivity (Wildman–Crippen MR) is 151 cm³/mol. The van der Waals surface area contributed by atoms with E-state index in [2.05, 4.69) is 0 Å². The molecular weight excluding hydrogens is 572 g/mol. The molecule has 1 aromatic rings. The molecule has 0 radical (unpaired) electrons. The highest BCUT2D eigenvalue weighted by Crippen LogP contribution is 2.65. The van der Waals surface area contributed by atoms with Gasteiger partial charge in [-0.3, -0.25) is 14.4 Å². The number of hydrogen-bond donors (Lipinski definition) is 3. The summed E-state index contributed by atoms with van der Waals surface area (Å²) in [7, 11) is 0. The van der Waals surface area contributed by atoms with E-state index in [9.17, 15) is 34.5 Å². The lowest BCUT2D eigenvalue weighted by molar-refractivity contribution is -0.346. The van der Waals surface area contributed by atoms with Gasteiger partial charge in [-0.1, -0.05) is 39.0 Å². The van der Waals surface area contributed by atoms with Gasteiger partial charge in [-0.25, -0.2) is 4.79 Å². The summed E-state index contributed by atoms with van der Waals surface area (Å²) in [5, 5.41) is 36.1. The molecule has 5 aliphatic rings. The summed E-state index contributed by atoms with van der Waals surface area (Å²) in [5.74, 6) is -5.72. The van der Waals surface area contributed by atoms with Crippen molar-refractivity contribution in [1.82, 2.24) is 0 Å². The number of esters is 3. The first-order chi connectivity index (χ1) is 20.6. The highest BCUT2D eigenvalue weighted by atomic mass is 16.6. The number of fused-ring (bicyclic) bond motifs is 5. The van der Waals surface area contributed by atoms with Crippen LogP contribution in [-0.4, -0.2) is 81.2 Å². The number of Topliss-reactive ketones (excluding diaryl/α,β-unsaturated/α-hetero) is 1. The summed E-state index contributed by atoms with van der Waals surface area (Å²) in [6.07, 6.45) is -4.26. The number of aliphatic hydroxyl groups is 3. The van der Waals surface area contributed by atoms with Crippen molar-refractivity contribution in [2.75, 3.05) is 6.61 Å². The highest BCUT2D eigenvalue weighted by Gasteiger charge is 2.78. The Morgan fingerprint density at radius 2 is 1.70 bits per heavy atom. The second-order valence-corrected chi connectivity index (χ2v) is 13.9. The third kappa shape index (κ3) is 4.23. The van der Waals surface area contributed by atoms with Crippen molar-refractivity contribution in [3.63, 3.8) is 0 Å². The second-order valence-electron chi connectivity index (χ2n) is 13.9. The van der Waals surface area contributed by atoms with Gasteiger partial charge in [-0.05, 0) is 37.5 Å². The molecule has 1 saturated heterocycles. The van der Waals surface area contributed by atoms with E-state index in [1.165, 1.54) is 6.92 Å². The van der Waals surface area contributed by atoms with Gasteiger partial charge in [0.05, 0.1) is 41.6 Å². The number of hydrogen-bond acceptors (Lipinski definition) is 11. The fourth-order valence-electron chi connectivity index (χ4n) is 8.22. The monoisotopic (exact) mass is 612 g/mol. The summed E-state index contributed by atoms with van der Waals surface area (Å²) < 4.78 is 24.0. The van der Waals surface area contributed by atoms with Crippen molar-refractivity contribution in [3.8, 4) is 0 Å². The third-order valence-electron chi connectivity index (χ3n) is 11.1. The van der Waals surface area contributed by atoms with Gasteiger partial charge in [0.1, 0.15) is 17.8 Å². The maximum atomic E-state index is 14.9. The van der Waals surface area contributed by atoms with E-state index in [0.717, 1.165) is 6.92 Å². The first-order valence-electron chi connectivity index (χ1n) is 15.3. The average molecular weight is 613 g/mol. The molecule has 1 heterocycles. The topological polar surface area (TPSA) is 166 Å². The van der Waals surface area contributed by atoms with Crippen molar-refractivity contribution < 1.29 is 53.4 Å². The van der Waals surface area contributed by atoms with E-state index >= 15 is 0 Å². The molecule has 2 bridgehead atoms. The molecule has 238 valence electrons. The number of allylic oxidation sites excluding steroid dienone is 1. The Morgan fingerprint density at radius 1 is 1.05 bits per heavy atom. The first-order valence-corrected chi connectivity index (χ1v) is 15.3. The fourth-order valence-corrected chi connectivity index (χ4v) is 8.22. The number of benzene rings is 1. The van der Waals surface area contributed by atoms with Crippen molar-refractivity contribution in [2.24, 2.45) is 28.6 Å². The van der Waals surface area contributed by atoms with Crippen molar-refractivity contribution in [2.45, 2.75) is 95.9 Å². The molecule has 0 spiro atoms.